The molecule has 0 atom stereocenters. The normalized spacial score (nSPS) is 23.2. The highest BCUT2D eigenvalue weighted by Crippen LogP contribution is 2.35. The minimum Gasteiger partial charge on any atom is -0.320 e. The van der Waals surface area contributed by atoms with Crippen LogP contribution in [0.5, 0.6) is 0 Å². The molecule has 0 aromatic carbocycles. The van der Waals surface area contributed by atoms with Crippen LogP contribution in [0.25, 0.3) is 0 Å². The Bertz CT molecular complexity index is 117. The van der Waals surface area contributed by atoms with Gasteiger partial charge in [0.05, 0.1) is 0 Å². The zero-order chi connectivity index (χ0) is 8.32. The third kappa shape index (κ3) is 1.94. The molecule has 1 saturated heterocycles. The van der Waals surface area contributed by atoms with Gasteiger partial charge in [0.15, 0.2) is 0 Å². The van der Waals surface area contributed by atoms with Crippen LogP contribution in [0.2, 0.25) is 0 Å². The van der Waals surface area contributed by atoms with Crippen molar-refractivity contribution in [1.82, 2.24) is 10.2 Å². The molecular formula is C9H20N2. The SMILES string of the molecule is CCC1(CCNC)CN(C)C1. The summed E-state index contributed by atoms with van der Waals surface area (Å²) in [5.74, 6) is 0. The largest absolute Gasteiger partial charge is 0.320 e. The molecule has 1 heterocycles. The van der Waals surface area contributed by atoms with Crippen LogP contribution in [0, 0.1) is 5.41 Å². The molecule has 1 N–H and O–H groups in total. The van der Waals surface area contributed by atoms with Crippen molar-refractivity contribution >= 4 is 0 Å². The molecule has 66 valence electrons. The zero-order valence-electron chi connectivity index (χ0n) is 7.98. The van der Waals surface area contributed by atoms with Gasteiger partial charge in [0, 0.05) is 13.1 Å². The Kier molecular flexibility index (Phi) is 2.90. The van der Waals surface area contributed by atoms with Gasteiger partial charge in [0.1, 0.15) is 0 Å². The molecule has 11 heavy (non-hydrogen) atoms. The molecule has 0 aliphatic carbocycles. The summed E-state index contributed by atoms with van der Waals surface area (Å²) in [6, 6.07) is 0. The highest BCUT2D eigenvalue weighted by Gasteiger charge is 2.38. The van der Waals surface area contributed by atoms with Gasteiger partial charge in [-0.15, -0.1) is 0 Å². The molecule has 0 radical (unpaired) electrons. The zero-order valence-corrected chi connectivity index (χ0v) is 7.98. The summed E-state index contributed by atoms with van der Waals surface area (Å²) in [4.78, 5) is 2.40. The van der Waals surface area contributed by atoms with Crippen LogP contribution in [0.3, 0.4) is 0 Å². The number of rotatable bonds is 4. The molecule has 1 aliphatic heterocycles. The standard InChI is InChI=1S/C9H20N2/c1-4-9(5-6-10-2)7-11(3)8-9/h10H,4-8H2,1-3H3. The fraction of sp³-hybridized carbons (Fsp3) is 1.00. The lowest BCUT2D eigenvalue weighted by Gasteiger charge is -2.48. The van der Waals surface area contributed by atoms with Crippen molar-refractivity contribution in [2.75, 3.05) is 33.7 Å². The Hall–Kier alpha value is -0.0800. The van der Waals surface area contributed by atoms with Crippen LogP contribution in [0.15, 0.2) is 0 Å². The summed E-state index contributed by atoms with van der Waals surface area (Å²) < 4.78 is 0. The second-order valence-corrected chi connectivity index (χ2v) is 3.88. The Labute approximate surface area is 70.0 Å². The topological polar surface area (TPSA) is 15.3 Å². The molecule has 0 spiro atoms. The first kappa shape index (κ1) is 9.01. The van der Waals surface area contributed by atoms with Crippen LogP contribution in [0.4, 0.5) is 0 Å². The lowest BCUT2D eigenvalue weighted by molar-refractivity contribution is 0.0119. The molecule has 2 nitrogen and oxygen atoms in total. The summed E-state index contributed by atoms with van der Waals surface area (Å²) >= 11 is 0. The van der Waals surface area contributed by atoms with Crippen LogP contribution in [-0.4, -0.2) is 38.6 Å². The van der Waals surface area contributed by atoms with Crippen molar-refractivity contribution in [3.63, 3.8) is 0 Å². The van der Waals surface area contributed by atoms with Gasteiger partial charge < -0.3 is 10.2 Å². The van der Waals surface area contributed by atoms with E-state index in [9.17, 15) is 0 Å². The molecular weight excluding hydrogens is 136 g/mol. The summed E-state index contributed by atoms with van der Waals surface area (Å²) in [5, 5.41) is 3.22. The maximum Gasteiger partial charge on any atom is 0.00478 e. The van der Waals surface area contributed by atoms with Gasteiger partial charge in [-0.3, -0.25) is 0 Å². The number of hydrogen-bond donors (Lipinski definition) is 1. The van der Waals surface area contributed by atoms with Gasteiger partial charge in [-0.25, -0.2) is 0 Å². The Balaban J connectivity index is 2.26. The van der Waals surface area contributed by atoms with Crippen molar-refractivity contribution in [2.24, 2.45) is 5.41 Å². The number of hydrogen-bond acceptors (Lipinski definition) is 2. The molecule has 1 aliphatic rings. The van der Waals surface area contributed by atoms with Crippen LogP contribution < -0.4 is 5.32 Å². The predicted octanol–water partition coefficient (Wildman–Crippen LogP) is 0.938. The van der Waals surface area contributed by atoms with Gasteiger partial charge in [0.2, 0.25) is 0 Å². The first-order valence-corrected chi connectivity index (χ1v) is 4.55. The maximum atomic E-state index is 3.22. The van der Waals surface area contributed by atoms with Gasteiger partial charge in [-0.05, 0) is 38.9 Å². The summed E-state index contributed by atoms with van der Waals surface area (Å²) in [5.41, 5.74) is 0.651. The quantitative estimate of drug-likeness (QED) is 0.651. The van der Waals surface area contributed by atoms with E-state index in [0.29, 0.717) is 5.41 Å². The minimum absolute atomic E-state index is 0.651. The predicted molar refractivity (Wildman–Crippen MR) is 48.8 cm³/mol. The van der Waals surface area contributed by atoms with Crippen LogP contribution in [-0.2, 0) is 0 Å². The summed E-state index contributed by atoms with van der Waals surface area (Å²) in [6.45, 7) is 6.07. The van der Waals surface area contributed by atoms with Gasteiger partial charge in [-0.1, -0.05) is 6.92 Å². The molecule has 0 aromatic rings. The van der Waals surface area contributed by atoms with Crippen LogP contribution >= 0.6 is 0 Å². The van der Waals surface area contributed by atoms with Gasteiger partial charge in [-0.2, -0.15) is 0 Å². The fourth-order valence-electron chi connectivity index (χ4n) is 2.05. The van der Waals surface area contributed by atoms with Crippen molar-refractivity contribution in [3.8, 4) is 0 Å². The lowest BCUT2D eigenvalue weighted by atomic mass is 9.75. The first-order valence-electron chi connectivity index (χ1n) is 4.55. The maximum absolute atomic E-state index is 3.22. The molecule has 0 saturated carbocycles. The van der Waals surface area contributed by atoms with Crippen LogP contribution in [0.1, 0.15) is 19.8 Å². The van der Waals surface area contributed by atoms with E-state index in [1.165, 1.54) is 32.5 Å². The molecule has 2 heteroatoms. The molecule has 1 fully saturated rings. The number of likely N-dealkylation sites (tertiary alicyclic amines) is 1. The van der Waals surface area contributed by atoms with Crippen molar-refractivity contribution in [2.45, 2.75) is 19.8 Å². The monoisotopic (exact) mass is 156 g/mol. The van der Waals surface area contributed by atoms with E-state index in [1.807, 2.05) is 7.05 Å². The lowest BCUT2D eigenvalue weighted by Crippen LogP contribution is -2.54. The molecule has 0 unspecified atom stereocenters. The van der Waals surface area contributed by atoms with E-state index in [0.717, 1.165) is 0 Å². The highest BCUT2D eigenvalue weighted by molar-refractivity contribution is 4.92. The van der Waals surface area contributed by atoms with E-state index in [2.05, 4.69) is 24.2 Å². The molecule has 0 aromatic heterocycles. The Morgan fingerprint density at radius 2 is 2.09 bits per heavy atom. The van der Waals surface area contributed by atoms with E-state index in [-0.39, 0.29) is 0 Å². The van der Waals surface area contributed by atoms with Gasteiger partial charge in [0.25, 0.3) is 0 Å². The fourth-order valence-corrected chi connectivity index (χ4v) is 2.05. The third-order valence-electron chi connectivity index (χ3n) is 2.87. The number of nitrogens with one attached hydrogen (secondary N) is 1. The van der Waals surface area contributed by atoms with E-state index in [4.69, 9.17) is 0 Å². The Morgan fingerprint density at radius 1 is 1.45 bits per heavy atom. The summed E-state index contributed by atoms with van der Waals surface area (Å²) in [6.07, 6.45) is 2.67. The second kappa shape index (κ2) is 3.55. The van der Waals surface area contributed by atoms with Crippen molar-refractivity contribution in [1.29, 1.82) is 0 Å². The van der Waals surface area contributed by atoms with Crippen molar-refractivity contribution in [3.05, 3.63) is 0 Å². The van der Waals surface area contributed by atoms with E-state index < -0.39 is 0 Å². The van der Waals surface area contributed by atoms with Gasteiger partial charge >= 0.3 is 0 Å². The summed E-state index contributed by atoms with van der Waals surface area (Å²) in [7, 11) is 4.24. The second-order valence-electron chi connectivity index (χ2n) is 3.88. The minimum atomic E-state index is 0.651. The molecule has 0 amide bonds. The number of nitrogens with zero attached hydrogens (tertiary/aromatic N) is 1. The van der Waals surface area contributed by atoms with E-state index in [1.54, 1.807) is 0 Å². The Morgan fingerprint density at radius 3 is 2.45 bits per heavy atom. The smallest absolute Gasteiger partial charge is 0.00478 e. The van der Waals surface area contributed by atoms with Crippen molar-refractivity contribution < 1.29 is 0 Å². The molecule has 1 rings (SSSR count). The average Bonchev–Trinajstić information content (AvgIpc) is 1.96. The molecule has 0 bridgehead atoms. The van der Waals surface area contributed by atoms with E-state index >= 15 is 0 Å². The first-order chi connectivity index (χ1) is 5.22. The third-order valence-corrected chi connectivity index (χ3v) is 2.87. The highest BCUT2D eigenvalue weighted by atomic mass is 15.2. The average molecular weight is 156 g/mol.